The summed E-state index contributed by atoms with van der Waals surface area (Å²) in [6, 6.07) is 0. The highest BCUT2D eigenvalue weighted by molar-refractivity contribution is 5.80. The minimum atomic E-state index is 0.568. The molecule has 2 fully saturated rings. The number of nitrogens with one attached hydrogen (secondary N) is 1. The van der Waals surface area contributed by atoms with Crippen molar-refractivity contribution in [1.82, 2.24) is 25.0 Å². The highest BCUT2D eigenvalue weighted by atomic mass is 15.3. The summed E-state index contributed by atoms with van der Waals surface area (Å²) < 4.78 is 2.35. The Morgan fingerprint density at radius 2 is 1.89 bits per heavy atom. The van der Waals surface area contributed by atoms with E-state index >= 15 is 0 Å². The Morgan fingerprint density at radius 3 is 2.74 bits per heavy atom. The van der Waals surface area contributed by atoms with Crippen LogP contribution in [-0.4, -0.2) is 51.8 Å². The van der Waals surface area contributed by atoms with E-state index in [2.05, 4.69) is 31.9 Å². The van der Waals surface area contributed by atoms with Gasteiger partial charge in [0.2, 0.25) is 0 Å². The number of hydrogen-bond acceptors (Lipinski definition) is 3. The van der Waals surface area contributed by atoms with Crippen LogP contribution in [0, 0.1) is 5.41 Å². The van der Waals surface area contributed by atoms with Gasteiger partial charge in [-0.15, -0.1) is 10.2 Å². The Labute approximate surface area is 163 Å². The highest BCUT2D eigenvalue weighted by Crippen LogP contribution is 2.43. The summed E-state index contributed by atoms with van der Waals surface area (Å²) in [7, 11) is 0. The normalized spacial score (nSPS) is 22.7. The summed E-state index contributed by atoms with van der Waals surface area (Å²) in [6.45, 7) is 7.33. The molecule has 1 aromatic heterocycles. The molecule has 1 saturated carbocycles. The molecule has 0 radical (unpaired) electrons. The second-order valence-electron chi connectivity index (χ2n) is 8.71. The zero-order chi connectivity index (χ0) is 18.5. The topological polar surface area (TPSA) is 58.3 Å². The lowest BCUT2D eigenvalue weighted by atomic mass is 9.73. The molecular weight excluding hydrogens is 336 g/mol. The van der Waals surface area contributed by atoms with Gasteiger partial charge in [0, 0.05) is 45.6 Å². The van der Waals surface area contributed by atoms with E-state index in [0.717, 1.165) is 50.8 Å². The first-order valence-electron chi connectivity index (χ1n) is 11.2. The molecule has 0 unspecified atom stereocenters. The van der Waals surface area contributed by atoms with Crippen molar-refractivity contribution in [2.24, 2.45) is 10.4 Å². The van der Waals surface area contributed by atoms with Crippen molar-refractivity contribution >= 4 is 5.96 Å². The lowest BCUT2D eigenvalue weighted by molar-refractivity contribution is 0.203. The SMILES string of the molecule is CCNC(=NCCc1nnc2n1CCCCC2)N1CCC2(CCCCC2)C1. The minimum absolute atomic E-state index is 0.568. The molecule has 1 saturated heterocycles. The van der Waals surface area contributed by atoms with Crippen LogP contribution >= 0.6 is 0 Å². The lowest BCUT2D eigenvalue weighted by Crippen LogP contribution is -2.41. The molecule has 3 heterocycles. The highest BCUT2D eigenvalue weighted by Gasteiger charge is 2.39. The van der Waals surface area contributed by atoms with Crippen molar-refractivity contribution in [3.05, 3.63) is 11.6 Å². The number of aliphatic imine (C=N–C) groups is 1. The van der Waals surface area contributed by atoms with Gasteiger partial charge in [-0.25, -0.2) is 0 Å². The van der Waals surface area contributed by atoms with Gasteiger partial charge in [-0.05, 0) is 44.4 Å². The van der Waals surface area contributed by atoms with E-state index in [-0.39, 0.29) is 0 Å². The summed E-state index contributed by atoms with van der Waals surface area (Å²) in [5.41, 5.74) is 0.568. The third-order valence-electron chi connectivity index (χ3n) is 6.77. The van der Waals surface area contributed by atoms with Gasteiger partial charge < -0.3 is 14.8 Å². The maximum atomic E-state index is 4.97. The quantitative estimate of drug-likeness (QED) is 0.651. The van der Waals surface area contributed by atoms with Crippen molar-refractivity contribution in [3.63, 3.8) is 0 Å². The molecule has 6 heteroatoms. The Morgan fingerprint density at radius 1 is 1.04 bits per heavy atom. The van der Waals surface area contributed by atoms with Gasteiger partial charge in [-0.1, -0.05) is 25.7 Å². The molecule has 150 valence electrons. The van der Waals surface area contributed by atoms with Crippen LogP contribution in [0.25, 0.3) is 0 Å². The number of likely N-dealkylation sites (tertiary alicyclic amines) is 1. The number of guanidine groups is 1. The van der Waals surface area contributed by atoms with E-state index in [0.29, 0.717) is 5.41 Å². The van der Waals surface area contributed by atoms with Gasteiger partial charge in [-0.3, -0.25) is 4.99 Å². The zero-order valence-corrected chi connectivity index (χ0v) is 17.0. The van der Waals surface area contributed by atoms with Crippen LogP contribution in [0.5, 0.6) is 0 Å². The smallest absolute Gasteiger partial charge is 0.193 e. The van der Waals surface area contributed by atoms with Gasteiger partial charge in [0.05, 0.1) is 0 Å². The van der Waals surface area contributed by atoms with Gasteiger partial charge in [0.25, 0.3) is 0 Å². The van der Waals surface area contributed by atoms with Gasteiger partial charge in [-0.2, -0.15) is 0 Å². The predicted molar refractivity (Wildman–Crippen MR) is 109 cm³/mol. The molecule has 1 N–H and O–H groups in total. The maximum Gasteiger partial charge on any atom is 0.193 e. The third-order valence-corrected chi connectivity index (χ3v) is 6.77. The second-order valence-corrected chi connectivity index (χ2v) is 8.71. The Kier molecular flexibility index (Phi) is 5.98. The number of aromatic nitrogens is 3. The lowest BCUT2D eigenvalue weighted by Gasteiger charge is -2.33. The maximum absolute atomic E-state index is 4.97. The molecule has 2 aliphatic heterocycles. The fourth-order valence-electron chi connectivity index (χ4n) is 5.24. The van der Waals surface area contributed by atoms with Crippen LogP contribution < -0.4 is 5.32 Å². The molecule has 0 atom stereocenters. The Hall–Kier alpha value is -1.59. The number of rotatable bonds is 4. The van der Waals surface area contributed by atoms with Gasteiger partial charge in [0.15, 0.2) is 5.96 Å². The second kappa shape index (κ2) is 8.61. The van der Waals surface area contributed by atoms with Crippen molar-refractivity contribution < 1.29 is 0 Å². The summed E-state index contributed by atoms with van der Waals surface area (Å²) in [6.07, 6.45) is 14.2. The molecular formula is C21H36N6. The van der Waals surface area contributed by atoms with Crippen LogP contribution in [0.3, 0.4) is 0 Å². The van der Waals surface area contributed by atoms with Crippen LogP contribution in [0.1, 0.15) is 76.4 Å². The molecule has 1 aromatic rings. The molecule has 0 amide bonds. The molecule has 6 nitrogen and oxygen atoms in total. The van der Waals surface area contributed by atoms with E-state index in [4.69, 9.17) is 4.99 Å². The van der Waals surface area contributed by atoms with E-state index in [1.807, 2.05) is 0 Å². The van der Waals surface area contributed by atoms with Gasteiger partial charge >= 0.3 is 0 Å². The Bertz CT molecular complexity index is 643. The molecule has 4 rings (SSSR count). The summed E-state index contributed by atoms with van der Waals surface area (Å²) >= 11 is 0. The van der Waals surface area contributed by atoms with Crippen LogP contribution in [-0.2, 0) is 19.4 Å². The first-order chi connectivity index (χ1) is 13.3. The standard InChI is InChI=1S/C21H36N6/c1-2-22-20(26-16-13-21(17-26)11-6-4-7-12-21)23-14-10-19-25-24-18-9-5-3-8-15-27(18)19/h2-17H2,1H3,(H,22,23). The molecule has 1 aliphatic carbocycles. The third kappa shape index (κ3) is 4.30. The van der Waals surface area contributed by atoms with E-state index in [9.17, 15) is 0 Å². The zero-order valence-electron chi connectivity index (χ0n) is 17.0. The Balaban J connectivity index is 1.38. The summed E-state index contributed by atoms with van der Waals surface area (Å²) in [5.74, 6) is 3.41. The molecule has 3 aliphatic rings. The van der Waals surface area contributed by atoms with Crippen molar-refractivity contribution in [2.75, 3.05) is 26.2 Å². The van der Waals surface area contributed by atoms with Crippen molar-refractivity contribution in [2.45, 2.75) is 84.1 Å². The van der Waals surface area contributed by atoms with E-state index in [1.54, 1.807) is 0 Å². The van der Waals surface area contributed by atoms with Crippen LogP contribution in [0.2, 0.25) is 0 Å². The minimum Gasteiger partial charge on any atom is -0.357 e. The first-order valence-corrected chi connectivity index (χ1v) is 11.2. The molecule has 0 aromatic carbocycles. The fourth-order valence-corrected chi connectivity index (χ4v) is 5.24. The largest absolute Gasteiger partial charge is 0.357 e. The average Bonchev–Trinajstić information content (AvgIpc) is 3.18. The summed E-state index contributed by atoms with van der Waals surface area (Å²) in [4.78, 5) is 7.48. The number of aryl methyl sites for hydroxylation is 1. The van der Waals surface area contributed by atoms with Gasteiger partial charge in [0.1, 0.15) is 11.6 Å². The predicted octanol–water partition coefficient (Wildman–Crippen LogP) is 3.17. The van der Waals surface area contributed by atoms with Crippen LogP contribution in [0.15, 0.2) is 4.99 Å². The fraction of sp³-hybridized carbons (Fsp3) is 0.857. The molecule has 1 spiro atoms. The molecule has 0 bridgehead atoms. The summed E-state index contributed by atoms with van der Waals surface area (Å²) in [5, 5.41) is 12.4. The van der Waals surface area contributed by atoms with Crippen molar-refractivity contribution in [1.29, 1.82) is 0 Å². The monoisotopic (exact) mass is 372 g/mol. The number of fused-ring (bicyclic) bond motifs is 1. The van der Waals surface area contributed by atoms with Crippen LogP contribution in [0.4, 0.5) is 0 Å². The van der Waals surface area contributed by atoms with Crippen molar-refractivity contribution in [3.8, 4) is 0 Å². The number of nitrogens with zero attached hydrogens (tertiary/aromatic N) is 5. The van der Waals surface area contributed by atoms with E-state index in [1.165, 1.54) is 70.2 Å². The number of hydrogen-bond donors (Lipinski definition) is 1. The average molecular weight is 373 g/mol. The van der Waals surface area contributed by atoms with E-state index < -0.39 is 0 Å². The molecule has 27 heavy (non-hydrogen) atoms. The first kappa shape index (κ1) is 18.8.